The Morgan fingerprint density at radius 1 is 1.00 bits per heavy atom. The molecule has 0 aromatic rings. The summed E-state index contributed by atoms with van der Waals surface area (Å²) < 4.78 is 10.9. The normalized spacial score (nSPS) is 29.1. The van der Waals surface area contributed by atoms with Gasteiger partial charge in [0.1, 0.15) is 0 Å². The zero-order valence-electron chi connectivity index (χ0n) is 9.70. The molecule has 86 valence electrons. The molecule has 0 aromatic heterocycles. The maximum absolute atomic E-state index is 11.6. The molecule has 1 rings (SSSR count). The molecule has 0 bridgehead atoms. The van der Waals surface area contributed by atoms with Crippen molar-refractivity contribution in [2.75, 3.05) is 0 Å². The van der Waals surface area contributed by atoms with E-state index in [0.29, 0.717) is 12.8 Å². The van der Waals surface area contributed by atoms with Gasteiger partial charge >= 0.3 is 0 Å². The van der Waals surface area contributed by atoms with Crippen molar-refractivity contribution in [2.45, 2.75) is 58.5 Å². The third-order valence-electron chi connectivity index (χ3n) is 2.43. The van der Waals surface area contributed by atoms with Gasteiger partial charge in [-0.25, -0.2) is 0 Å². The minimum Gasteiger partial charge on any atom is -0.336 e. The molecule has 1 aliphatic heterocycles. The fraction of sp³-hybridized carbons (Fsp3) is 0.818. The minimum absolute atomic E-state index is 0.0765. The van der Waals surface area contributed by atoms with Crippen LogP contribution >= 0.6 is 0 Å². The second-order valence-electron chi connectivity index (χ2n) is 4.12. The van der Waals surface area contributed by atoms with Gasteiger partial charge in [0.25, 0.3) is 0 Å². The molecule has 1 aliphatic rings. The van der Waals surface area contributed by atoms with Crippen LogP contribution in [-0.2, 0) is 19.1 Å². The summed E-state index contributed by atoms with van der Waals surface area (Å²) in [5, 5.41) is 0. The summed E-state index contributed by atoms with van der Waals surface area (Å²) >= 11 is 0. The first kappa shape index (κ1) is 12.3. The van der Waals surface area contributed by atoms with Gasteiger partial charge in [-0.2, -0.15) is 0 Å². The lowest BCUT2D eigenvalue weighted by atomic mass is 10.0. The zero-order valence-corrected chi connectivity index (χ0v) is 9.70. The van der Waals surface area contributed by atoms with Crippen molar-refractivity contribution in [1.82, 2.24) is 0 Å². The van der Waals surface area contributed by atoms with Gasteiger partial charge in [0.05, 0.1) is 0 Å². The first-order valence-corrected chi connectivity index (χ1v) is 5.32. The smallest absolute Gasteiger partial charge is 0.165 e. The summed E-state index contributed by atoms with van der Waals surface area (Å²) in [6, 6.07) is 0. The summed E-state index contributed by atoms with van der Waals surface area (Å²) in [5.41, 5.74) is 0. The van der Waals surface area contributed by atoms with E-state index in [1.807, 2.05) is 0 Å². The van der Waals surface area contributed by atoms with Crippen molar-refractivity contribution in [3.63, 3.8) is 0 Å². The maximum Gasteiger partial charge on any atom is 0.165 e. The molecule has 1 fully saturated rings. The van der Waals surface area contributed by atoms with Crippen LogP contribution < -0.4 is 0 Å². The van der Waals surface area contributed by atoms with Crippen molar-refractivity contribution in [1.29, 1.82) is 0 Å². The summed E-state index contributed by atoms with van der Waals surface area (Å²) in [6.45, 7) is 6.94. The molecule has 0 N–H and O–H groups in total. The van der Waals surface area contributed by atoms with E-state index in [2.05, 4.69) is 0 Å². The lowest BCUT2D eigenvalue weighted by Crippen LogP contribution is -2.36. The molecule has 4 heteroatoms. The Balaban J connectivity index is 2.83. The lowest BCUT2D eigenvalue weighted by Gasteiger charge is -2.16. The molecular weight excluding hydrogens is 196 g/mol. The van der Waals surface area contributed by atoms with Crippen LogP contribution in [0.25, 0.3) is 0 Å². The molecule has 0 unspecified atom stereocenters. The zero-order chi connectivity index (χ0) is 11.6. The molecule has 4 nitrogen and oxygen atoms in total. The van der Waals surface area contributed by atoms with Crippen molar-refractivity contribution in [2.24, 2.45) is 0 Å². The monoisotopic (exact) mass is 214 g/mol. The highest BCUT2D eigenvalue weighted by Crippen LogP contribution is 2.30. The average molecular weight is 214 g/mol. The molecule has 15 heavy (non-hydrogen) atoms. The van der Waals surface area contributed by atoms with E-state index < -0.39 is 18.0 Å². The quantitative estimate of drug-likeness (QED) is 0.711. The second-order valence-corrected chi connectivity index (χ2v) is 4.12. The molecule has 2 atom stereocenters. The van der Waals surface area contributed by atoms with E-state index in [1.54, 1.807) is 27.7 Å². The molecular formula is C11H18O4. The van der Waals surface area contributed by atoms with Gasteiger partial charge in [-0.15, -0.1) is 0 Å². The number of hydrogen-bond donors (Lipinski definition) is 0. The lowest BCUT2D eigenvalue weighted by molar-refractivity contribution is -0.158. The van der Waals surface area contributed by atoms with Crippen LogP contribution in [0, 0.1) is 0 Å². The predicted octanol–water partition coefficient (Wildman–Crippen LogP) is 1.46. The topological polar surface area (TPSA) is 52.6 Å². The Morgan fingerprint density at radius 2 is 1.33 bits per heavy atom. The third-order valence-corrected chi connectivity index (χ3v) is 2.43. The van der Waals surface area contributed by atoms with Crippen LogP contribution in [-0.4, -0.2) is 29.6 Å². The van der Waals surface area contributed by atoms with Gasteiger partial charge in [0.15, 0.2) is 29.6 Å². The Kier molecular flexibility index (Phi) is 3.62. The Hall–Kier alpha value is -0.740. The maximum atomic E-state index is 11.6. The van der Waals surface area contributed by atoms with E-state index in [1.165, 1.54) is 0 Å². The average Bonchev–Trinajstić information content (AvgIpc) is 2.52. The third kappa shape index (κ3) is 2.63. The first-order chi connectivity index (χ1) is 6.91. The van der Waals surface area contributed by atoms with Crippen LogP contribution in [0.5, 0.6) is 0 Å². The summed E-state index contributed by atoms with van der Waals surface area (Å²) in [7, 11) is 0. The number of ketones is 2. The summed E-state index contributed by atoms with van der Waals surface area (Å²) in [5.74, 6) is -0.995. The number of hydrogen-bond acceptors (Lipinski definition) is 4. The first-order valence-electron chi connectivity index (χ1n) is 5.32. The van der Waals surface area contributed by atoms with Gasteiger partial charge in [0.2, 0.25) is 0 Å². The van der Waals surface area contributed by atoms with Crippen molar-refractivity contribution in [3.8, 4) is 0 Å². The van der Waals surface area contributed by atoms with Gasteiger partial charge in [-0.05, 0) is 13.8 Å². The van der Waals surface area contributed by atoms with E-state index in [4.69, 9.17) is 9.47 Å². The number of carbonyl (C=O) groups is 2. The van der Waals surface area contributed by atoms with Crippen molar-refractivity contribution in [3.05, 3.63) is 0 Å². The summed E-state index contributed by atoms with van der Waals surface area (Å²) in [4.78, 5) is 23.2. The summed E-state index contributed by atoms with van der Waals surface area (Å²) in [6.07, 6.45) is -0.732. The van der Waals surface area contributed by atoms with Crippen LogP contribution in [0.4, 0.5) is 0 Å². The molecule has 0 amide bonds. The van der Waals surface area contributed by atoms with E-state index in [-0.39, 0.29) is 11.6 Å². The fourth-order valence-electron chi connectivity index (χ4n) is 1.63. The van der Waals surface area contributed by atoms with E-state index in [9.17, 15) is 9.59 Å². The molecule has 0 radical (unpaired) electrons. The van der Waals surface area contributed by atoms with Crippen LogP contribution in [0.1, 0.15) is 40.5 Å². The second kappa shape index (κ2) is 4.41. The van der Waals surface area contributed by atoms with Gasteiger partial charge in [0, 0.05) is 12.8 Å². The van der Waals surface area contributed by atoms with Gasteiger partial charge in [-0.1, -0.05) is 13.8 Å². The highest BCUT2D eigenvalue weighted by atomic mass is 16.8. The van der Waals surface area contributed by atoms with Gasteiger partial charge < -0.3 is 9.47 Å². The number of Topliss-reactive ketones (excluding diaryl/α,β-unsaturated/α-hetero) is 2. The van der Waals surface area contributed by atoms with Crippen LogP contribution in [0.3, 0.4) is 0 Å². The molecule has 0 spiro atoms. The molecule has 1 saturated heterocycles. The minimum atomic E-state index is -0.842. The molecule has 0 saturated carbocycles. The number of rotatable bonds is 4. The Bertz CT molecular complexity index is 244. The molecule has 0 aromatic carbocycles. The van der Waals surface area contributed by atoms with Crippen LogP contribution in [0.15, 0.2) is 0 Å². The van der Waals surface area contributed by atoms with Crippen molar-refractivity contribution >= 4 is 11.6 Å². The van der Waals surface area contributed by atoms with Crippen LogP contribution in [0.2, 0.25) is 0 Å². The SMILES string of the molecule is CCC(=O)[C@@H]1OC(C)(C)O[C@H]1C(=O)CC. The van der Waals surface area contributed by atoms with E-state index in [0.717, 1.165) is 0 Å². The predicted molar refractivity (Wildman–Crippen MR) is 54.4 cm³/mol. The van der Waals surface area contributed by atoms with Gasteiger partial charge in [-0.3, -0.25) is 9.59 Å². The fourth-order valence-corrected chi connectivity index (χ4v) is 1.63. The van der Waals surface area contributed by atoms with Crippen molar-refractivity contribution < 1.29 is 19.1 Å². The largest absolute Gasteiger partial charge is 0.336 e. The highest BCUT2D eigenvalue weighted by Gasteiger charge is 2.47. The molecule has 0 aliphatic carbocycles. The Labute approximate surface area is 89.9 Å². The highest BCUT2D eigenvalue weighted by molar-refractivity contribution is 5.93. The number of ether oxygens (including phenoxy) is 2. The Morgan fingerprint density at radius 3 is 1.60 bits per heavy atom. The molecule has 1 heterocycles. The van der Waals surface area contributed by atoms with E-state index >= 15 is 0 Å². The standard InChI is InChI=1S/C11H18O4/c1-5-7(12)9-10(8(13)6-2)15-11(3,4)14-9/h9-10H,5-6H2,1-4H3/t9-,10-/m0/s1. The number of carbonyl (C=O) groups excluding carboxylic acids is 2.